The van der Waals surface area contributed by atoms with Crippen molar-refractivity contribution >= 4 is 23.4 Å². The summed E-state index contributed by atoms with van der Waals surface area (Å²) in [4.78, 5) is 24.5. The van der Waals surface area contributed by atoms with Gasteiger partial charge in [-0.05, 0) is 18.1 Å². The molecule has 0 aromatic heterocycles. The molecule has 0 saturated carbocycles. The third kappa shape index (κ3) is 6.84. The van der Waals surface area contributed by atoms with Crippen molar-refractivity contribution in [3.8, 4) is 0 Å². The van der Waals surface area contributed by atoms with Crippen LogP contribution in [-0.4, -0.2) is 30.3 Å². The van der Waals surface area contributed by atoms with Crippen LogP contribution >= 0.6 is 11.6 Å². The highest BCUT2D eigenvalue weighted by atomic mass is 35.5. The molecule has 0 atom stereocenters. The van der Waals surface area contributed by atoms with Gasteiger partial charge in [0.2, 0.25) is 0 Å². The molecule has 10 heteroatoms. The van der Waals surface area contributed by atoms with E-state index in [1.807, 2.05) is 10.6 Å². The zero-order valence-electron chi connectivity index (χ0n) is 18.2. The number of hydrogen-bond acceptors (Lipinski definition) is 3. The largest absolute Gasteiger partial charge is 0.501 e. The van der Waals surface area contributed by atoms with Crippen molar-refractivity contribution in [1.29, 1.82) is 0 Å². The Morgan fingerprint density at radius 2 is 1.24 bits per heavy atom. The molecule has 2 N–H and O–H groups in total. The predicted molar refractivity (Wildman–Crippen MR) is 120 cm³/mol. The van der Waals surface area contributed by atoms with Crippen LogP contribution in [0.15, 0.2) is 83.6 Å². The minimum Gasteiger partial charge on any atom is -0.501 e. The average Bonchev–Trinajstić information content (AvgIpc) is 2.84. The van der Waals surface area contributed by atoms with E-state index in [1.165, 1.54) is 6.92 Å². The van der Waals surface area contributed by atoms with Crippen LogP contribution in [0.2, 0.25) is 0 Å². The molecule has 2 aromatic rings. The van der Waals surface area contributed by atoms with E-state index in [1.54, 1.807) is 60.7 Å². The van der Waals surface area contributed by atoms with Gasteiger partial charge in [0.05, 0.1) is 24.0 Å². The van der Waals surface area contributed by atoms with Crippen molar-refractivity contribution in [3.05, 3.63) is 94.7 Å². The predicted octanol–water partition coefficient (Wildman–Crippen LogP) is 4.93. The first-order valence-electron chi connectivity index (χ1n) is 10.2. The van der Waals surface area contributed by atoms with Crippen LogP contribution in [-0.2, 0) is 27.4 Å². The lowest BCUT2D eigenvalue weighted by molar-refractivity contribution is -0.144. The molecule has 0 bridgehead atoms. The molecule has 0 aliphatic rings. The van der Waals surface area contributed by atoms with Gasteiger partial charge in [-0.2, -0.15) is 17.6 Å². The highest BCUT2D eigenvalue weighted by Crippen LogP contribution is 2.39. The van der Waals surface area contributed by atoms with Gasteiger partial charge in [0.25, 0.3) is 11.8 Å². The van der Waals surface area contributed by atoms with Crippen LogP contribution in [0.5, 0.6) is 0 Å². The molecular formula is C24H23ClF4N2O3. The van der Waals surface area contributed by atoms with Crippen molar-refractivity contribution in [2.24, 2.45) is 0 Å². The fourth-order valence-electron chi connectivity index (χ4n) is 2.79. The number of halogens is 5. The molecular weight excluding hydrogens is 476 g/mol. The molecule has 0 heterocycles. The van der Waals surface area contributed by atoms with Crippen LogP contribution in [0.25, 0.3) is 0 Å². The van der Waals surface area contributed by atoms with Gasteiger partial charge >= 0.3 is 11.8 Å². The number of benzene rings is 2. The average molecular weight is 499 g/mol. The number of carbonyl (C=O) groups is 2. The number of alkyl halides is 4. The molecule has 2 aromatic carbocycles. The van der Waals surface area contributed by atoms with E-state index >= 15 is 8.78 Å². The Kier molecular flexibility index (Phi) is 9.68. The topological polar surface area (TPSA) is 67.4 Å². The summed E-state index contributed by atoms with van der Waals surface area (Å²) in [6.45, 7) is 0.720. The Hall–Kier alpha value is -3.33. The maximum absolute atomic E-state index is 15.1. The van der Waals surface area contributed by atoms with Gasteiger partial charge in [-0.15, -0.1) is 0 Å². The summed E-state index contributed by atoms with van der Waals surface area (Å²) in [6.07, 6.45) is 0.314. The van der Waals surface area contributed by atoms with E-state index < -0.39 is 34.8 Å². The number of nitrogens with one attached hydrogen (secondary N) is 2. The van der Waals surface area contributed by atoms with Gasteiger partial charge in [-0.25, -0.2) is 0 Å². The van der Waals surface area contributed by atoms with Crippen molar-refractivity contribution in [1.82, 2.24) is 10.6 Å². The van der Waals surface area contributed by atoms with Crippen molar-refractivity contribution < 1.29 is 31.9 Å². The zero-order chi connectivity index (χ0) is 25.2. The zero-order valence-corrected chi connectivity index (χ0v) is 18.9. The third-order valence-corrected chi connectivity index (χ3v) is 4.82. The first-order valence-corrected chi connectivity index (χ1v) is 10.6. The van der Waals surface area contributed by atoms with Crippen LogP contribution in [0.3, 0.4) is 0 Å². The molecule has 0 spiro atoms. The van der Waals surface area contributed by atoms with Crippen molar-refractivity contribution in [2.75, 3.05) is 6.61 Å². The SMILES string of the molecule is CCO/C=C(/C(=C/Cl)C(F)(F)C(=O)NCc1ccccc1)C(F)(F)C(=O)NCc1ccccc1. The third-order valence-electron chi connectivity index (χ3n) is 4.61. The quantitative estimate of drug-likeness (QED) is 0.262. The van der Waals surface area contributed by atoms with Crippen LogP contribution in [0.1, 0.15) is 18.1 Å². The van der Waals surface area contributed by atoms with Gasteiger partial charge in [-0.3, -0.25) is 9.59 Å². The first-order chi connectivity index (χ1) is 16.1. The fourth-order valence-corrected chi connectivity index (χ4v) is 3.05. The lowest BCUT2D eigenvalue weighted by Gasteiger charge is -2.25. The molecule has 34 heavy (non-hydrogen) atoms. The molecule has 0 fully saturated rings. The summed E-state index contributed by atoms with van der Waals surface area (Å²) < 4.78 is 64.9. The van der Waals surface area contributed by atoms with Crippen molar-refractivity contribution in [3.63, 3.8) is 0 Å². The second-order valence-electron chi connectivity index (χ2n) is 6.99. The van der Waals surface area contributed by atoms with Crippen molar-refractivity contribution in [2.45, 2.75) is 31.9 Å². The highest BCUT2D eigenvalue weighted by molar-refractivity contribution is 6.26. The van der Waals surface area contributed by atoms with E-state index in [9.17, 15) is 18.4 Å². The number of hydrogen-bond donors (Lipinski definition) is 2. The number of ether oxygens (including phenoxy) is 1. The lowest BCUT2D eigenvalue weighted by atomic mass is 9.95. The summed E-state index contributed by atoms with van der Waals surface area (Å²) in [5.74, 6) is -12.7. The molecule has 0 radical (unpaired) electrons. The summed E-state index contributed by atoms with van der Waals surface area (Å²) in [5, 5.41) is 3.99. The van der Waals surface area contributed by atoms with Crippen LogP contribution in [0, 0.1) is 0 Å². The van der Waals surface area contributed by atoms with E-state index in [0.717, 1.165) is 0 Å². The van der Waals surface area contributed by atoms with Gasteiger partial charge < -0.3 is 15.4 Å². The minimum absolute atomic E-state index is 0.144. The maximum Gasteiger partial charge on any atom is 0.353 e. The van der Waals surface area contributed by atoms with E-state index in [2.05, 4.69) is 0 Å². The standard InChI is InChI=1S/C24H23ClF4N2O3/c1-2-34-16-20(24(28,29)22(33)31-15-18-11-7-4-8-12-18)19(13-25)23(26,27)21(32)30-14-17-9-5-3-6-10-17/h3-13,16H,2,14-15H2,1H3,(H,30,32)(H,31,33)/b19-13-,20-16-. The van der Waals surface area contributed by atoms with E-state index in [-0.39, 0.29) is 25.2 Å². The Bertz CT molecular complexity index is 1030. The molecule has 0 saturated heterocycles. The lowest BCUT2D eigenvalue weighted by Crippen LogP contribution is -2.47. The Morgan fingerprint density at radius 1 is 0.824 bits per heavy atom. The van der Waals surface area contributed by atoms with Crippen LogP contribution in [0.4, 0.5) is 17.6 Å². The Morgan fingerprint density at radius 3 is 1.62 bits per heavy atom. The van der Waals surface area contributed by atoms with Crippen LogP contribution < -0.4 is 10.6 Å². The fraction of sp³-hybridized carbons (Fsp3) is 0.250. The van der Waals surface area contributed by atoms with Gasteiger partial charge in [0, 0.05) is 18.6 Å². The molecule has 0 aliphatic heterocycles. The monoisotopic (exact) mass is 498 g/mol. The molecule has 0 unspecified atom stereocenters. The second kappa shape index (κ2) is 12.2. The van der Waals surface area contributed by atoms with Gasteiger partial charge in [0.15, 0.2) is 0 Å². The highest BCUT2D eigenvalue weighted by Gasteiger charge is 2.54. The minimum atomic E-state index is -4.50. The summed E-state index contributed by atoms with van der Waals surface area (Å²) in [6, 6.07) is 16.3. The van der Waals surface area contributed by atoms with E-state index in [4.69, 9.17) is 16.3 Å². The Balaban J connectivity index is 2.26. The summed E-state index contributed by atoms with van der Waals surface area (Å²) >= 11 is 5.49. The number of amides is 2. The molecule has 2 rings (SSSR count). The number of carbonyl (C=O) groups excluding carboxylic acids is 2. The first kappa shape index (κ1) is 26.9. The Labute approximate surface area is 199 Å². The molecule has 0 aliphatic carbocycles. The van der Waals surface area contributed by atoms with Gasteiger partial charge in [0.1, 0.15) is 0 Å². The maximum atomic E-state index is 15.1. The molecule has 182 valence electrons. The van der Waals surface area contributed by atoms with Gasteiger partial charge in [-0.1, -0.05) is 72.3 Å². The molecule has 5 nitrogen and oxygen atoms in total. The van der Waals surface area contributed by atoms with E-state index in [0.29, 0.717) is 17.4 Å². The normalized spacial score (nSPS) is 12.8. The molecule has 2 amide bonds. The summed E-state index contributed by atoms with van der Waals surface area (Å²) in [7, 11) is 0. The smallest absolute Gasteiger partial charge is 0.353 e. The summed E-state index contributed by atoms with van der Waals surface area (Å²) in [5.41, 5.74) is -1.92. The number of rotatable bonds is 11. The second-order valence-corrected chi connectivity index (χ2v) is 7.21.